The Balaban J connectivity index is 1.83. The van der Waals surface area contributed by atoms with Crippen LogP contribution in [0.15, 0.2) is 24.3 Å². The van der Waals surface area contributed by atoms with Crippen LogP contribution in [0.3, 0.4) is 0 Å². The van der Waals surface area contributed by atoms with Crippen LogP contribution in [0.5, 0.6) is 0 Å². The number of hydrogen-bond acceptors (Lipinski definition) is 5. The van der Waals surface area contributed by atoms with Crippen molar-refractivity contribution in [3.8, 4) is 0 Å². The number of amides is 1. The molecular formula is C16H24N2O3S2. The third kappa shape index (κ3) is 7.03. The molecule has 2 N–H and O–H groups in total. The van der Waals surface area contributed by atoms with Crippen molar-refractivity contribution in [2.45, 2.75) is 18.2 Å². The fourth-order valence-corrected chi connectivity index (χ4v) is 4.36. The molecule has 7 heteroatoms. The smallest absolute Gasteiger partial charge is 0.225 e. The van der Waals surface area contributed by atoms with Gasteiger partial charge in [-0.15, -0.1) is 0 Å². The minimum absolute atomic E-state index is 0.0163. The van der Waals surface area contributed by atoms with Crippen molar-refractivity contribution in [3.63, 3.8) is 0 Å². The minimum atomic E-state index is -0.948. The number of anilines is 1. The Labute approximate surface area is 144 Å². The number of nitrogens with one attached hydrogen (secondary N) is 2. The Kier molecular flexibility index (Phi) is 8.08. The van der Waals surface area contributed by atoms with Crippen molar-refractivity contribution < 1.29 is 13.7 Å². The minimum Gasteiger partial charge on any atom is -0.384 e. The molecule has 2 unspecified atom stereocenters. The van der Waals surface area contributed by atoms with Crippen molar-refractivity contribution in [2.75, 3.05) is 42.8 Å². The summed E-state index contributed by atoms with van der Waals surface area (Å²) in [6.07, 6.45) is 0.483. The van der Waals surface area contributed by atoms with Crippen LogP contribution in [0.2, 0.25) is 0 Å². The van der Waals surface area contributed by atoms with Crippen molar-refractivity contribution in [3.05, 3.63) is 29.8 Å². The van der Waals surface area contributed by atoms with Crippen molar-refractivity contribution in [2.24, 2.45) is 0 Å². The summed E-state index contributed by atoms with van der Waals surface area (Å²) in [4.78, 5) is 12.1. The van der Waals surface area contributed by atoms with E-state index in [2.05, 4.69) is 10.6 Å². The predicted octanol–water partition coefficient (Wildman–Crippen LogP) is 1.62. The van der Waals surface area contributed by atoms with E-state index >= 15 is 0 Å². The van der Waals surface area contributed by atoms with Gasteiger partial charge < -0.3 is 15.4 Å². The van der Waals surface area contributed by atoms with Crippen LogP contribution in [-0.2, 0) is 26.1 Å². The van der Waals surface area contributed by atoms with Gasteiger partial charge in [0.2, 0.25) is 5.91 Å². The summed E-state index contributed by atoms with van der Waals surface area (Å²) in [6, 6.07) is 7.82. The highest BCUT2D eigenvalue weighted by molar-refractivity contribution is 7.99. The van der Waals surface area contributed by atoms with Gasteiger partial charge in [-0.25, -0.2) is 0 Å². The highest BCUT2D eigenvalue weighted by Gasteiger charge is 2.16. The van der Waals surface area contributed by atoms with Crippen molar-refractivity contribution in [1.29, 1.82) is 0 Å². The molecule has 5 nitrogen and oxygen atoms in total. The highest BCUT2D eigenvalue weighted by atomic mass is 32.2. The van der Waals surface area contributed by atoms with Crippen LogP contribution in [-0.4, -0.2) is 53.7 Å². The molecule has 0 radical (unpaired) electrons. The Hall–Kier alpha value is -0.890. The Morgan fingerprint density at radius 1 is 1.52 bits per heavy atom. The van der Waals surface area contributed by atoms with E-state index in [1.165, 1.54) is 0 Å². The Morgan fingerprint density at radius 3 is 3.13 bits per heavy atom. The van der Waals surface area contributed by atoms with Gasteiger partial charge in [0.25, 0.3) is 0 Å². The topological polar surface area (TPSA) is 67.4 Å². The second kappa shape index (κ2) is 10.1. The van der Waals surface area contributed by atoms with Gasteiger partial charge >= 0.3 is 0 Å². The molecule has 1 aliphatic rings. The first-order valence-electron chi connectivity index (χ1n) is 7.71. The second-order valence-corrected chi connectivity index (χ2v) is 8.19. The fraction of sp³-hybridized carbons (Fsp3) is 0.562. The fourth-order valence-electron chi connectivity index (χ4n) is 2.36. The number of carbonyl (C=O) groups is 1. The number of rotatable bonds is 8. The van der Waals surface area contributed by atoms with Gasteiger partial charge in [0.05, 0.1) is 6.61 Å². The van der Waals surface area contributed by atoms with Crippen LogP contribution in [0.1, 0.15) is 12.0 Å². The van der Waals surface area contributed by atoms with E-state index in [1.807, 2.05) is 36.0 Å². The lowest BCUT2D eigenvalue weighted by Gasteiger charge is -2.22. The number of thioether (sulfide) groups is 1. The van der Waals surface area contributed by atoms with Gasteiger partial charge in [0, 0.05) is 65.6 Å². The molecule has 23 heavy (non-hydrogen) atoms. The largest absolute Gasteiger partial charge is 0.384 e. The van der Waals surface area contributed by atoms with Gasteiger partial charge in [0.15, 0.2) is 0 Å². The summed E-state index contributed by atoms with van der Waals surface area (Å²) in [6.45, 7) is 1.46. The third-order valence-electron chi connectivity index (χ3n) is 3.48. The molecule has 1 aliphatic heterocycles. The Morgan fingerprint density at radius 2 is 2.39 bits per heavy atom. The lowest BCUT2D eigenvalue weighted by molar-refractivity contribution is -0.116. The van der Waals surface area contributed by atoms with Crippen LogP contribution in [0.4, 0.5) is 5.69 Å². The van der Waals surface area contributed by atoms with Gasteiger partial charge in [-0.2, -0.15) is 11.8 Å². The van der Waals surface area contributed by atoms with E-state index in [1.54, 1.807) is 7.11 Å². The molecule has 2 atom stereocenters. The SMILES string of the molecule is COCCS(=O)Cc1cccc(NC(=O)CC2CSCCN2)c1. The zero-order valence-corrected chi connectivity index (χ0v) is 15.0. The molecule has 0 bridgehead atoms. The van der Waals surface area contributed by atoms with Crippen molar-refractivity contribution in [1.82, 2.24) is 5.32 Å². The average molecular weight is 357 g/mol. The lowest BCUT2D eigenvalue weighted by Crippen LogP contribution is -2.39. The van der Waals surface area contributed by atoms with E-state index in [0.717, 1.165) is 29.3 Å². The lowest BCUT2D eigenvalue weighted by atomic mass is 10.2. The molecule has 1 aromatic rings. The summed E-state index contributed by atoms with van der Waals surface area (Å²) in [5.41, 5.74) is 1.73. The zero-order chi connectivity index (χ0) is 16.5. The van der Waals surface area contributed by atoms with Gasteiger partial charge in [-0.05, 0) is 17.7 Å². The first kappa shape index (κ1) is 18.4. The summed E-state index contributed by atoms with van der Waals surface area (Å²) >= 11 is 1.88. The van der Waals surface area contributed by atoms with Crippen molar-refractivity contribution >= 4 is 34.2 Å². The van der Waals surface area contributed by atoms with Crippen LogP contribution < -0.4 is 10.6 Å². The second-order valence-electron chi connectivity index (χ2n) is 5.46. The molecular weight excluding hydrogens is 332 g/mol. The molecule has 0 aromatic heterocycles. The van der Waals surface area contributed by atoms with Gasteiger partial charge in [-0.3, -0.25) is 9.00 Å². The van der Waals surface area contributed by atoms with E-state index in [0.29, 0.717) is 24.5 Å². The number of hydrogen-bond donors (Lipinski definition) is 2. The summed E-state index contributed by atoms with van der Waals surface area (Å²) in [7, 11) is 0.656. The molecule has 1 amide bonds. The molecule has 1 aromatic carbocycles. The predicted molar refractivity (Wildman–Crippen MR) is 97.4 cm³/mol. The molecule has 1 fully saturated rings. The standard InChI is InChI=1S/C16H24N2O3S2/c1-21-6-8-23(20)12-13-3-2-4-14(9-13)18-16(19)10-15-11-22-7-5-17-15/h2-4,9,15,17H,5-8,10-12H2,1H3,(H,18,19). The first-order chi connectivity index (χ1) is 11.2. The molecule has 128 valence electrons. The molecule has 1 heterocycles. The number of methoxy groups -OCH3 is 1. The summed E-state index contributed by atoms with van der Waals surface area (Å²) in [5, 5.41) is 6.29. The van der Waals surface area contributed by atoms with Crippen LogP contribution >= 0.6 is 11.8 Å². The van der Waals surface area contributed by atoms with Gasteiger partial charge in [0.1, 0.15) is 0 Å². The van der Waals surface area contributed by atoms with E-state index in [-0.39, 0.29) is 11.9 Å². The van der Waals surface area contributed by atoms with Crippen LogP contribution in [0, 0.1) is 0 Å². The highest BCUT2D eigenvalue weighted by Crippen LogP contribution is 2.15. The molecule has 0 saturated carbocycles. The molecule has 0 spiro atoms. The monoisotopic (exact) mass is 356 g/mol. The first-order valence-corrected chi connectivity index (χ1v) is 10.4. The Bertz CT molecular complexity index is 534. The summed E-state index contributed by atoms with van der Waals surface area (Å²) in [5.74, 6) is 3.11. The van der Waals surface area contributed by atoms with Crippen LogP contribution in [0.25, 0.3) is 0 Å². The maximum Gasteiger partial charge on any atom is 0.225 e. The average Bonchev–Trinajstić information content (AvgIpc) is 2.54. The van der Waals surface area contributed by atoms with Gasteiger partial charge in [-0.1, -0.05) is 12.1 Å². The number of ether oxygens (including phenoxy) is 1. The quantitative estimate of drug-likeness (QED) is 0.741. The zero-order valence-electron chi connectivity index (χ0n) is 13.4. The van der Waals surface area contributed by atoms with E-state index < -0.39 is 10.8 Å². The van der Waals surface area contributed by atoms with E-state index in [9.17, 15) is 9.00 Å². The molecule has 0 aliphatic carbocycles. The van der Waals surface area contributed by atoms with E-state index in [4.69, 9.17) is 4.74 Å². The number of benzene rings is 1. The molecule has 2 rings (SSSR count). The molecule has 1 saturated heterocycles. The summed E-state index contributed by atoms with van der Waals surface area (Å²) < 4.78 is 16.8. The normalized spacial score (nSPS) is 19.3. The maximum absolute atomic E-state index is 12.1. The maximum atomic E-state index is 12.1. The number of carbonyl (C=O) groups excluding carboxylic acids is 1. The third-order valence-corrected chi connectivity index (χ3v) is 5.89.